The molecular formula is C14H29N3O. The molecule has 4 heteroatoms. The van der Waals surface area contributed by atoms with Crippen LogP contribution in [-0.2, 0) is 4.74 Å². The van der Waals surface area contributed by atoms with Crippen molar-refractivity contribution in [2.45, 2.75) is 57.9 Å². The van der Waals surface area contributed by atoms with Crippen molar-refractivity contribution >= 4 is 0 Å². The van der Waals surface area contributed by atoms with Gasteiger partial charge >= 0.3 is 0 Å². The first-order valence-corrected chi connectivity index (χ1v) is 7.31. The number of hydrogen-bond acceptors (Lipinski definition) is 4. The summed E-state index contributed by atoms with van der Waals surface area (Å²) < 4.78 is 5.84. The van der Waals surface area contributed by atoms with Gasteiger partial charge in [0.2, 0.25) is 0 Å². The van der Waals surface area contributed by atoms with E-state index in [0.29, 0.717) is 18.2 Å². The minimum atomic E-state index is 0.177. The molecule has 0 amide bonds. The average molecular weight is 255 g/mol. The first-order valence-electron chi connectivity index (χ1n) is 7.31. The van der Waals surface area contributed by atoms with Gasteiger partial charge in [0.15, 0.2) is 0 Å². The Hall–Kier alpha value is -0.160. The molecule has 4 nitrogen and oxygen atoms in total. The molecule has 3 atom stereocenters. The summed E-state index contributed by atoms with van der Waals surface area (Å²) in [7, 11) is 0. The fraction of sp³-hybridized carbons (Fsp3) is 1.00. The van der Waals surface area contributed by atoms with Crippen LogP contribution in [0.25, 0.3) is 0 Å². The summed E-state index contributed by atoms with van der Waals surface area (Å²) in [6.07, 6.45) is 1.84. The van der Waals surface area contributed by atoms with Gasteiger partial charge in [-0.2, -0.15) is 0 Å². The highest BCUT2D eigenvalue weighted by Crippen LogP contribution is 2.31. The summed E-state index contributed by atoms with van der Waals surface area (Å²) in [6, 6.07) is 0.620. The maximum atomic E-state index is 6.14. The summed E-state index contributed by atoms with van der Waals surface area (Å²) in [6.45, 7) is 14.0. The van der Waals surface area contributed by atoms with Crippen molar-refractivity contribution in [1.82, 2.24) is 9.80 Å². The van der Waals surface area contributed by atoms with Gasteiger partial charge in [0, 0.05) is 44.3 Å². The first-order chi connectivity index (χ1) is 8.47. The third kappa shape index (κ3) is 2.72. The summed E-state index contributed by atoms with van der Waals surface area (Å²) in [5, 5.41) is 0. The third-order valence-corrected chi connectivity index (χ3v) is 4.56. The van der Waals surface area contributed by atoms with Gasteiger partial charge in [0.05, 0.1) is 12.2 Å². The zero-order chi connectivity index (χ0) is 13.3. The van der Waals surface area contributed by atoms with Gasteiger partial charge in [-0.15, -0.1) is 0 Å². The molecule has 2 rings (SSSR count). The zero-order valence-electron chi connectivity index (χ0n) is 12.4. The number of ether oxygens (including phenoxy) is 1. The third-order valence-electron chi connectivity index (χ3n) is 4.56. The molecule has 0 aromatic carbocycles. The summed E-state index contributed by atoms with van der Waals surface area (Å²) in [4.78, 5) is 5.14. The second-order valence-corrected chi connectivity index (χ2v) is 6.40. The molecule has 0 aromatic rings. The predicted molar refractivity (Wildman–Crippen MR) is 74.7 cm³/mol. The topological polar surface area (TPSA) is 41.7 Å². The van der Waals surface area contributed by atoms with Gasteiger partial charge in [-0.3, -0.25) is 9.80 Å². The van der Waals surface area contributed by atoms with Gasteiger partial charge in [-0.25, -0.2) is 0 Å². The molecule has 0 radical (unpaired) electrons. The Morgan fingerprint density at radius 3 is 2.33 bits per heavy atom. The molecule has 0 saturated carbocycles. The van der Waals surface area contributed by atoms with E-state index in [1.54, 1.807) is 0 Å². The maximum Gasteiger partial charge on any atom is 0.0678 e. The van der Waals surface area contributed by atoms with Crippen LogP contribution in [0.3, 0.4) is 0 Å². The Balaban J connectivity index is 2.08. The van der Waals surface area contributed by atoms with Crippen molar-refractivity contribution < 1.29 is 4.74 Å². The number of hydrogen-bond donors (Lipinski definition) is 1. The van der Waals surface area contributed by atoms with Gasteiger partial charge in [-0.05, 0) is 34.1 Å². The maximum absolute atomic E-state index is 6.14. The minimum Gasteiger partial charge on any atom is -0.373 e. The van der Waals surface area contributed by atoms with Gasteiger partial charge in [0.25, 0.3) is 0 Å². The number of nitrogens with zero attached hydrogens (tertiary/aromatic N) is 2. The van der Waals surface area contributed by atoms with Crippen LogP contribution in [0.1, 0.15) is 34.1 Å². The molecule has 2 heterocycles. The average Bonchev–Trinajstić information content (AvgIpc) is 2.73. The predicted octanol–water partition coefficient (Wildman–Crippen LogP) is 0.907. The molecule has 2 fully saturated rings. The zero-order valence-corrected chi connectivity index (χ0v) is 12.4. The molecule has 0 spiro atoms. The van der Waals surface area contributed by atoms with E-state index in [4.69, 9.17) is 10.5 Å². The second-order valence-electron chi connectivity index (χ2n) is 6.40. The SMILES string of the molecule is CC(C)N1CCC(CN)(N2C[C@@H](C)O[C@@H](C)C2)C1. The quantitative estimate of drug-likeness (QED) is 0.814. The molecule has 2 N–H and O–H groups in total. The van der Waals surface area contributed by atoms with Crippen LogP contribution in [0, 0.1) is 0 Å². The Morgan fingerprint density at radius 2 is 1.89 bits per heavy atom. The van der Waals surface area contributed by atoms with Crippen LogP contribution in [0.5, 0.6) is 0 Å². The number of likely N-dealkylation sites (tertiary alicyclic amines) is 1. The van der Waals surface area contributed by atoms with Crippen molar-refractivity contribution in [2.24, 2.45) is 5.73 Å². The van der Waals surface area contributed by atoms with E-state index in [9.17, 15) is 0 Å². The number of rotatable bonds is 3. The van der Waals surface area contributed by atoms with E-state index in [0.717, 1.165) is 26.2 Å². The Labute approximate surface area is 111 Å². The van der Waals surface area contributed by atoms with E-state index in [1.807, 2.05) is 0 Å². The van der Waals surface area contributed by atoms with Gasteiger partial charge < -0.3 is 10.5 Å². The largest absolute Gasteiger partial charge is 0.373 e. The highest BCUT2D eigenvalue weighted by Gasteiger charge is 2.44. The van der Waals surface area contributed by atoms with Crippen LogP contribution in [0.15, 0.2) is 0 Å². The molecule has 1 unspecified atom stereocenters. The lowest BCUT2D eigenvalue weighted by atomic mass is 9.94. The fourth-order valence-corrected chi connectivity index (χ4v) is 3.45. The van der Waals surface area contributed by atoms with Crippen molar-refractivity contribution in [3.63, 3.8) is 0 Å². The molecule has 2 saturated heterocycles. The first kappa shape index (κ1) is 14.3. The molecule has 2 aliphatic heterocycles. The van der Waals surface area contributed by atoms with Crippen LogP contribution in [0.4, 0.5) is 0 Å². The standard InChI is InChI=1S/C14H29N3O/c1-11(2)16-6-5-14(9-15,10-16)17-7-12(3)18-13(4)8-17/h11-13H,5-10,15H2,1-4H3/t12-,13+,14?. The van der Waals surface area contributed by atoms with Gasteiger partial charge in [0.1, 0.15) is 0 Å². The minimum absolute atomic E-state index is 0.177. The Morgan fingerprint density at radius 1 is 1.28 bits per heavy atom. The van der Waals surface area contributed by atoms with E-state index in [1.165, 1.54) is 13.0 Å². The van der Waals surface area contributed by atoms with Crippen molar-refractivity contribution in [3.05, 3.63) is 0 Å². The number of nitrogens with two attached hydrogens (primary N) is 1. The van der Waals surface area contributed by atoms with Crippen LogP contribution in [0.2, 0.25) is 0 Å². The fourth-order valence-electron chi connectivity index (χ4n) is 3.45. The molecule has 2 aliphatic rings. The molecular weight excluding hydrogens is 226 g/mol. The molecule has 0 bridgehead atoms. The monoisotopic (exact) mass is 255 g/mol. The van der Waals surface area contributed by atoms with E-state index in [-0.39, 0.29) is 5.54 Å². The lowest BCUT2D eigenvalue weighted by Crippen LogP contribution is -2.61. The normalized spacial score (nSPS) is 39.7. The lowest BCUT2D eigenvalue weighted by Gasteiger charge is -2.46. The van der Waals surface area contributed by atoms with Crippen molar-refractivity contribution in [1.29, 1.82) is 0 Å². The molecule has 18 heavy (non-hydrogen) atoms. The Bertz CT molecular complexity index is 274. The van der Waals surface area contributed by atoms with Crippen molar-refractivity contribution in [2.75, 3.05) is 32.7 Å². The summed E-state index contributed by atoms with van der Waals surface area (Å²) in [5.74, 6) is 0. The summed E-state index contributed by atoms with van der Waals surface area (Å²) in [5.41, 5.74) is 6.32. The van der Waals surface area contributed by atoms with E-state index < -0.39 is 0 Å². The van der Waals surface area contributed by atoms with Gasteiger partial charge in [-0.1, -0.05) is 0 Å². The lowest BCUT2D eigenvalue weighted by molar-refractivity contribution is -0.0988. The van der Waals surface area contributed by atoms with Crippen LogP contribution in [-0.4, -0.2) is 66.3 Å². The van der Waals surface area contributed by atoms with Crippen molar-refractivity contribution in [3.8, 4) is 0 Å². The smallest absolute Gasteiger partial charge is 0.0678 e. The highest BCUT2D eigenvalue weighted by atomic mass is 16.5. The van der Waals surface area contributed by atoms with Crippen LogP contribution < -0.4 is 5.73 Å². The van der Waals surface area contributed by atoms with E-state index in [2.05, 4.69) is 37.5 Å². The second kappa shape index (κ2) is 5.45. The van der Waals surface area contributed by atoms with E-state index >= 15 is 0 Å². The molecule has 0 aliphatic carbocycles. The Kier molecular flexibility index (Phi) is 4.32. The molecule has 0 aromatic heterocycles. The number of morpholine rings is 1. The summed E-state index contributed by atoms with van der Waals surface area (Å²) >= 11 is 0. The van der Waals surface area contributed by atoms with Crippen LogP contribution >= 0.6 is 0 Å². The molecule has 106 valence electrons. The highest BCUT2D eigenvalue weighted by molar-refractivity contribution is 5.02.